The molecule has 1 N–H and O–H groups in total. The number of nitrogens with zero attached hydrogens (tertiary/aromatic N) is 2. The molecular weight excluding hydrogens is 386 g/mol. The van der Waals surface area contributed by atoms with Gasteiger partial charge in [0.25, 0.3) is 5.56 Å². The Morgan fingerprint density at radius 2 is 1.79 bits per heavy atom. The highest BCUT2D eigenvalue weighted by molar-refractivity contribution is 7.13. The van der Waals surface area contributed by atoms with Crippen molar-refractivity contribution in [1.82, 2.24) is 9.78 Å². The largest absolute Gasteiger partial charge is 0.497 e. The minimum Gasteiger partial charge on any atom is -0.497 e. The number of ether oxygens (including phenoxy) is 1. The summed E-state index contributed by atoms with van der Waals surface area (Å²) < 4.78 is 6.39. The standard InChI is InChI=1S/C22H19N3O3S/c1-14(21(26)23-15-9-11-16(28-2)12-10-15)25-22(27)18-7-4-3-6-17(18)20(24-25)19-8-5-13-29-19/h3-14H,1-2H3,(H,23,26)/t14-/m1/s1. The van der Waals surface area contributed by atoms with Crippen molar-refractivity contribution in [3.05, 3.63) is 76.4 Å². The van der Waals surface area contributed by atoms with Crippen LogP contribution in [0.15, 0.2) is 70.8 Å². The molecule has 0 spiro atoms. The Kier molecular flexibility index (Phi) is 5.14. The third-order valence-corrected chi connectivity index (χ3v) is 5.56. The Labute approximate surface area is 171 Å². The molecule has 0 aliphatic carbocycles. The van der Waals surface area contributed by atoms with Gasteiger partial charge >= 0.3 is 0 Å². The van der Waals surface area contributed by atoms with E-state index in [1.165, 1.54) is 4.68 Å². The van der Waals surface area contributed by atoms with Crippen LogP contribution in [0.25, 0.3) is 21.3 Å². The Morgan fingerprint density at radius 3 is 2.45 bits per heavy atom. The molecule has 4 aromatic rings. The predicted molar refractivity (Wildman–Crippen MR) is 116 cm³/mol. The molecule has 7 heteroatoms. The smallest absolute Gasteiger partial charge is 0.275 e. The maximum atomic E-state index is 13.0. The zero-order valence-corrected chi connectivity index (χ0v) is 16.8. The molecule has 0 bridgehead atoms. The van der Waals surface area contributed by atoms with Gasteiger partial charge in [-0.3, -0.25) is 9.59 Å². The number of hydrogen-bond acceptors (Lipinski definition) is 5. The molecule has 0 radical (unpaired) electrons. The number of benzene rings is 2. The zero-order valence-electron chi connectivity index (χ0n) is 16.0. The summed E-state index contributed by atoms with van der Waals surface area (Å²) in [5.41, 5.74) is 1.02. The van der Waals surface area contributed by atoms with Crippen LogP contribution in [-0.2, 0) is 4.79 Å². The molecule has 0 unspecified atom stereocenters. The van der Waals surface area contributed by atoms with Gasteiger partial charge in [-0.1, -0.05) is 24.3 Å². The van der Waals surface area contributed by atoms with Crippen LogP contribution in [-0.4, -0.2) is 22.8 Å². The van der Waals surface area contributed by atoms with Crippen molar-refractivity contribution < 1.29 is 9.53 Å². The number of methoxy groups -OCH3 is 1. The summed E-state index contributed by atoms with van der Waals surface area (Å²) >= 11 is 1.54. The highest BCUT2D eigenvalue weighted by atomic mass is 32.1. The number of fused-ring (bicyclic) bond motifs is 1. The van der Waals surface area contributed by atoms with E-state index in [-0.39, 0.29) is 11.5 Å². The molecule has 0 aliphatic heterocycles. The van der Waals surface area contributed by atoms with E-state index in [1.807, 2.05) is 35.7 Å². The Bertz CT molecular complexity index is 1210. The van der Waals surface area contributed by atoms with Crippen molar-refractivity contribution in [2.24, 2.45) is 0 Å². The van der Waals surface area contributed by atoms with Crippen molar-refractivity contribution in [2.45, 2.75) is 13.0 Å². The minimum absolute atomic E-state index is 0.293. The van der Waals surface area contributed by atoms with E-state index in [4.69, 9.17) is 4.74 Å². The molecule has 1 amide bonds. The minimum atomic E-state index is -0.784. The fraction of sp³-hybridized carbons (Fsp3) is 0.136. The van der Waals surface area contributed by atoms with Gasteiger partial charge in [0.1, 0.15) is 17.5 Å². The van der Waals surface area contributed by atoms with E-state index >= 15 is 0 Å². The fourth-order valence-corrected chi connectivity index (χ4v) is 3.82. The third kappa shape index (κ3) is 3.64. The first-order valence-electron chi connectivity index (χ1n) is 9.09. The number of aromatic nitrogens is 2. The summed E-state index contributed by atoms with van der Waals surface area (Å²) in [5.74, 6) is 0.376. The molecule has 4 rings (SSSR count). The van der Waals surface area contributed by atoms with Crippen LogP contribution >= 0.6 is 11.3 Å². The highest BCUT2D eigenvalue weighted by Gasteiger charge is 2.21. The second-order valence-electron chi connectivity index (χ2n) is 6.51. The summed E-state index contributed by atoms with van der Waals surface area (Å²) in [6.45, 7) is 1.67. The first-order chi connectivity index (χ1) is 14.1. The molecule has 0 saturated heterocycles. The Hall–Kier alpha value is -3.45. The van der Waals surface area contributed by atoms with E-state index in [0.29, 0.717) is 22.5 Å². The topological polar surface area (TPSA) is 73.2 Å². The second-order valence-corrected chi connectivity index (χ2v) is 7.46. The van der Waals surface area contributed by atoms with E-state index in [1.54, 1.807) is 55.7 Å². The van der Waals surface area contributed by atoms with Crippen LogP contribution in [0.1, 0.15) is 13.0 Å². The lowest BCUT2D eigenvalue weighted by atomic mass is 10.1. The molecule has 1 atom stereocenters. The maximum Gasteiger partial charge on any atom is 0.275 e. The van der Waals surface area contributed by atoms with Crippen LogP contribution in [0.5, 0.6) is 5.75 Å². The van der Waals surface area contributed by atoms with Crippen molar-refractivity contribution in [3.63, 3.8) is 0 Å². The van der Waals surface area contributed by atoms with Gasteiger partial charge in [0.2, 0.25) is 5.91 Å². The lowest BCUT2D eigenvalue weighted by Crippen LogP contribution is -2.33. The summed E-state index contributed by atoms with van der Waals surface area (Å²) in [5, 5.41) is 10.7. The molecular formula is C22H19N3O3S. The van der Waals surface area contributed by atoms with Gasteiger partial charge in [-0.25, -0.2) is 4.68 Å². The SMILES string of the molecule is COc1ccc(NC(=O)[C@@H](C)n2nc(-c3cccs3)c3ccccc3c2=O)cc1. The average molecular weight is 405 g/mol. The molecule has 2 aromatic heterocycles. The number of rotatable bonds is 5. The molecule has 0 saturated carbocycles. The quantitative estimate of drug-likeness (QED) is 0.536. The summed E-state index contributed by atoms with van der Waals surface area (Å²) in [6.07, 6.45) is 0. The van der Waals surface area contributed by atoms with Crippen molar-refractivity contribution in [2.75, 3.05) is 12.4 Å². The first-order valence-corrected chi connectivity index (χ1v) is 9.97. The molecule has 2 aromatic carbocycles. The van der Waals surface area contributed by atoms with Crippen molar-refractivity contribution in [3.8, 4) is 16.3 Å². The number of hydrogen-bond donors (Lipinski definition) is 1. The van der Waals surface area contributed by atoms with Crippen LogP contribution in [0.4, 0.5) is 5.69 Å². The van der Waals surface area contributed by atoms with Crippen molar-refractivity contribution in [1.29, 1.82) is 0 Å². The highest BCUT2D eigenvalue weighted by Crippen LogP contribution is 2.29. The van der Waals surface area contributed by atoms with Crippen LogP contribution in [0, 0.1) is 0 Å². The molecule has 146 valence electrons. The summed E-state index contributed by atoms with van der Waals surface area (Å²) in [4.78, 5) is 26.8. The average Bonchev–Trinajstić information content (AvgIpc) is 3.29. The van der Waals surface area contributed by atoms with Gasteiger partial charge in [-0.2, -0.15) is 5.10 Å². The fourth-order valence-electron chi connectivity index (χ4n) is 3.10. The van der Waals surface area contributed by atoms with Gasteiger partial charge in [-0.15, -0.1) is 11.3 Å². The number of anilines is 1. The van der Waals surface area contributed by atoms with Gasteiger partial charge in [0, 0.05) is 11.1 Å². The van der Waals surface area contributed by atoms with Crippen LogP contribution < -0.4 is 15.6 Å². The summed E-state index contributed by atoms with van der Waals surface area (Å²) in [7, 11) is 1.58. The molecule has 29 heavy (non-hydrogen) atoms. The van der Waals surface area contributed by atoms with Gasteiger partial charge in [0.15, 0.2) is 0 Å². The molecule has 0 aliphatic rings. The van der Waals surface area contributed by atoms with E-state index < -0.39 is 6.04 Å². The second kappa shape index (κ2) is 7.89. The zero-order chi connectivity index (χ0) is 20.4. The van der Waals surface area contributed by atoms with Crippen LogP contribution in [0.3, 0.4) is 0 Å². The van der Waals surface area contributed by atoms with E-state index in [9.17, 15) is 9.59 Å². The van der Waals surface area contributed by atoms with Gasteiger partial charge in [-0.05, 0) is 48.7 Å². The number of nitrogens with one attached hydrogen (secondary N) is 1. The summed E-state index contributed by atoms with van der Waals surface area (Å²) in [6, 6.07) is 17.5. The number of amides is 1. The Morgan fingerprint density at radius 1 is 1.07 bits per heavy atom. The van der Waals surface area contributed by atoms with Gasteiger partial charge < -0.3 is 10.1 Å². The van der Waals surface area contributed by atoms with E-state index in [2.05, 4.69) is 10.4 Å². The predicted octanol–water partition coefficient (Wildman–Crippen LogP) is 4.33. The Balaban J connectivity index is 1.73. The van der Waals surface area contributed by atoms with Crippen molar-refractivity contribution >= 4 is 33.7 Å². The van der Waals surface area contributed by atoms with Gasteiger partial charge in [0.05, 0.1) is 17.4 Å². The molecule has 0 fully saturated rings. The number of thiophene rings is 1. The first kappa shape index (κ1) is 18.9. The normalized spacial score (nSPS) is 11.9. The monoisotopic (exact) mass is 405 g/mol. The lowest BCUT2D eigenvalue weighted by molar-refractivity contribution is -0.119. The molecule has 6 nitrogen and oxygen atoms in total. The number of carbonyl (C=O) groups is 1. The lowest BCUT2D eigenvalue weighted by Gasteiger charge is -2.16. The maximum absolute atomic E-state index is 13.0. The molecule has 2 heterocycles. The van der Waals surface area contributed by atoms with Crippen LogP contribution in [0.2, 0.25) is 0 Å². The third-order valence-electron chi connectivity index (χ3n) is 4.69. The number of carbonyl (C=O) groups excluding carboxylic acids is 1. The van der Waals surface area contributed by atoms with E-state index in [0.717, 1.165) is 10.3 Å².